The van der Waals surface area contributed by atoms with Crippen molar-refractivity contribution in [1.29, 1.82) is 0 Å². The van der Waals surface area contributed by atoms with Gasteiger partial charge in [-0.2, -0.15) is 0 Å². The Morgan fingerprint density at radius 2 is 1.72 bits per heavy atom. The quantitative estimate of drug-likeness (QED) is 0.654. The van der Waals surface area contributed by atoms with Crippen molar-refractivity contribution in [2.45, 2.75) is 39.7 Å². The molecule has 0 aromatic heterocycles. The highest BCUT2D eigenvalue weighted by molar-refractivity contribution is 5.94. The predicted octanol–water partition coefficient (Wildman–Crippen LogP) is 1.76. The van der Waals surface area contributed by atoms with E-state index in [1.165, 1.54) is 0 Å². The zero-order valence-corrected chi connectivity index (χ0v) is 15.3. The lowest BCUT2D eigenvalue weighted by molar-refractivity contribution is -0.120. The van der Waals surface area contributed by atoms with E-state index in [1.54, 1.807) is 26.8 Å². The Kier molecular flexibility index (Phi) is 7.91. The van der Waals surface area contributed by atoms with Gasteiger partial charge in [0.1, 0.15) is 5.60 Å². The molecule has 3 N–H and O–H groups in total. The molecule has 0 aliphatic carbocycles. The number of aryl methyl sites for hydroxylation is 1. The first-order chi connectivity index (χ1) is 11.7. The van der Waals surface area contributed by atoms with E-state index < -0.39 is 11.7 Å². The molecule has 0 radical (unpaired) electrons. The van der Waals surface area contributed by atoms with Gasteiger partial charge in [0.05, 0.1) is 6.54 Å². The number of ether oxygens (including phenoxy) is 1. The monoisotopic (exact) mass is 349 g/mol. The van der Waals surface area contributed by atoms with Crippen LogP contribution in [0.15, 0.2) is 24.3 Å². The van der Waals surface area contributed by atoms with Gasteiger partial charge in [0, 0.05) is 18.7 Å². The van der Waals surface area contributed by atoms with Gasteiger partial charge in [0.2, 0.25) is 5.91 Å². The molecule has 0 saturated heterocycles. The first kappa shape index (κ1) is 20.5. The molecule has 3 amide bonds. The second-order valence-corrected chi connectivity index (χ2v) is 6.68. The molecule has 0 bridgehead atoms. The van der Waals surface area contributed by atoms with E-state index in [4.69, 9.17) is 4.74 Å². The van der Waals surface area contributed by atoms with E-state index in [9.17, 15) is 14.4 Å². The fraction of sp³-hybridized carbons (Fsp3) is 0.500. The summed E-state index contributed by atoms with van der Waals surface area (Å²) in [4.78, 5) is 34.9. The zero-order valence-electron chi connectivity index (χ0n) is 15.3. The van der Waals surface area contributed by atoms with Gasteiger partial charge >= 0.3 is 6.09 Å². The van der Waals surface area contributed by atoms with Crippen molar-refractivity contribution in [3.63, 3.8) is 0 Å². The molecule has 1 rings (SSSR count). The molecule has 1 aromatic rings. The van der Waals surface area contributed by atoms with E-state index >= 15 is 0 Å². The van der Waals surface area contributed by atoms with E-state index in [2.05, 4.69) is 16.0 Å². The highest BCUT2D eigenvalue weighted by Gasteiger charge is 2.16. The fourth-order valence-electron chi connectivity index (χ4n) is 1.94. The van der Waals surface area contributed by atoms with Crippen molar-refractivity contribution >= 4 is 17.9 Å². The summed E-state index contributed by atoms with van der Waals surface area (Å²) in [7, 11) is 0. The van der Waals surface area contributed by atoms with Gasteiger partial charge in [0.25, 0.3) is 5.91 Å². The Balaban J connectivity index is 2.14. The van der Waals surface area contributed by atoms with Crippen LogP contribution >= 0.6 is 0 Å². The van der Waals surface area contributed by atoms with E-state index in [0.29, 0.717) is 25.1 Å². The van der Waals surface area contributed by atoms with Gasteiger partial charge in [-0.05, 0) is 46.2 Å². The average Bonchev–Trinajstić information content (AvgIpc) is 2.50. The van der Waals surface area contributed by atoms with Crippen LogP contribution in [0.3, 0.4) is 0 Å². The average molecular weight is 349 g/mol. The molecular weight excluding hydrogens is 322 g/mol. The van der Waals surface area contributed by atoms with Crippen molar-refractivity contribution < 1.29 is 19.1 Å². The van der Waals surface area contributed by atoms with Gasteiger partial charge in [-0.1, -0.05) is 17.7 Å². The van der Waals surface area contributed by atoms with Crippen LogP contribution in [0.2, 0.25) is 0 Å². The Bertz CT molecular complexity index is 609. The first-order valence-electron chi connectivity index (χ1n) is 8.26. The fourth-order valence-corrected chi connectivity index (χ4v) is 1.94. The number of amides is 3. The summed E-state index contributed by atoms with van der Waals surface area (Å²) in [5, 5.41) is 7.84. The third-order valence-electron chi connectivity index (χ3n) is 3.03. The zero-order chi connectivity index (χ0) is 18.9. The van der Waals surface area contributed by atoms with Crippen LogP contribution in [0, 0.1) is 6.92 Å². The number of rotatable bonds is 7. The summed E-state index contributed by atoms with van der Waals surface area (Å²) in [6, 6.07) is 7.34. The number of carbonyl (C=O) groups excluding carboxylic acids is 3. The topological polar surface area (TPSA) is 96.5 Å². The summed E-state index contributed by atoms with van der Waals surface area (Å²) in [5.74, 6) is -0.447. The van der Waals surface area contributed by atoms with Crippen LogP contribution in [0.4, 0.5) is 4.79 Å². The predicted molar refractivity (Wildman–Crippen MR) is 95.4 cm³/mol. The maximum Gasteiger partial charge on any atom is 0.408 e. The normalized spacial score (nSPS) is 10.7. The largest absolute Gasteiger partial charge is 0.444 e. The smallest absolute Gasteiger partial charge is 0.408 e. The van der Waals surface area contributed by atoms with E-state index in [1.807, 2.05) is 25.1 Å². The van der Waals surface area contributed by atoms with Crippen LogP contribution in [0.5, 0.6) is 0 Å². The summed E-state index contributed by atoms with van der Waals surface area (Å²) >= 11 is 0. The SMILES string of the molecule is Cc1cccc(C(=O)NCCCNC(=O)CNC(=O)OC(C)(C)C)c1. The van der Waals surface area contributed by atoms with Crippen molar-refractivity contribution in [1.82, 2.24) is 16.0 Å². The molecule has 1 aromatic carbocycles. The lowest BCUT2D eigenvalue weighted by atomic mass is 10.1. The molecule has 0 unspecified atom stereocenters. The number of carbonyl (C=O) groups is 3. The van der Waals surface area contributed by atoms with Crippen LogP contribution in [-0.4, -0.2) is 43.1 Å². The Hall–Kier alpha value is -2.57. The van der Waals surface area contributed by atoms with Crippen molar-refractivity contribution in [2.75, 3.05) is 19.6 Å². The molecule has 0 aliphatic rings. The molecule has 0 fully saturated rings. The van der Waals surface area contributed by atoms with Crippen molar-refractivity contribution in [2.24, 2.45) is 0 Å². The van der Waals surface area contributed by atoms with Crippen molar-refractivity contribution in [3.05, 3.63) is 35.4 Å². The number of benzene rings is 1. The highest BCUT2D eigenvalue weighted by atomic mass is 16.6. The summed E-state index contributed by atoms with van der Waals surface area (Å²) in [6.07, 6.45) is -0.0384. The molecule has 0 heterocycles. The minimum absolute atomic E-state index is 0.137. The van der Waals surface area contributed by atoms with Crippen LogP contribution in [0.25, 0.3) is 0 Å². The lowest BCUT2D eigenvalue weighted by Crippen LogP contribution is -2.40. The Morgan fingerprint density at radius 1 is 1.04 bits per heavy atom. The van der Waals surface area contributed by atoms with Crippen LogP contribution < -0.4 is 16.0 Å². The van der Waals surface area contributed by atoms with Gasteiger partial charge in [-0.15, -0.1) is 0 Å². The third-order valence-corrected chi connectivity index (χ3v) is 3.03. The van der Waals surface area contributed by atoms with Gasteiger partial charge in [0.15, 0.2) is 0 Å². The molecule has 0 atom stereocenters. The molecular formula is C18H27N3O4. The summed E-state index contributed by atoms with van der Waals surface area (Å²) in [5.41, 5.74) is 1.04. The molecule has 0 spiro atoms. The standard InChI is InChI=1S/C18H27N3O4/c1-13-7-5-8-14(11-13)16(23)20-10-6-9-19-15(22)12-21-17(24)25-18(2,3)4/h5,7-8,11H,6,9-10,12H2,1-4H3,(H,19,22)(H,20,23)(H,21,24). The maximum atomic E-state index is 11.9. The van der Waals surface area contributed by atoms with Gasteiger partial charge in [-0.3, -0.25) is 9.59 Å². The Morgan fingerprint density at radius 3 is 2.36 bits per heavy atom. The minimum Gasteiger partial charge on any atom is -0.444 e. The molecule has 0 saturated carbocycles. The number of nitrogens with one attached hydrogen (secondary N) is 3. The van der Waals surface area contributed by atoms with Gasteiger partial charge < -0.3 is 20.7 Å². The highest BCUT2D eigenvalue weighted by Crippen LogP contribution is 2.06. The summed E-state index contributed by atoms with van der Waals surface area (Å²) < 4.78 is 5.03. The van der Waals surface area contributed by atoms with Crippen LogP contribution in [-0.2, 0) is 9.53 Å². The second-order valence-electron chi connectivity index (χ2n) is 6.68. The van der Waals surface area contributed by atoms with E-state index in [-0.39, 0.29) is 18.4 Å². The second kappa shape index (κ2) is 9.66. The molecule has 25 heavy (non-hydrogen) atoms. The number of hydrogen-bond donors (Lipinski definition) is 3. The van der Waals surface area contributed by atoms with E-state index in [0.717, 1.165) is 5.56 Å². The molecule has 0 aliphatic heterocycles. The molecule has 7 heteroatoms. The molecule has 138 valence electrons. The first-order valence-corrected chi connectivity index (χ1v) is 8.26. The van der Waals surface area contributed by atoms with Crippen molar-refractivity contribution in [3.8, 4) is 0 Å². The summed E-state index contributed by atoms with van der Waals surface area (Å²) in [6.45, 7) is 7.88. The number of hydrogen-bond acceptors (Lipinski definition) is 4. The third kappa shape index (κ3) is 9.34. The maximum absolute atomic E-state index is 11.9. The number of alkyl carbamates (subject to hydrolysis) is 1. The minimum atomic E-state index is -0.631. The molecule has 7 nitrogen and oxygen atoms in total. The van der Waals surface area contributed by atoms with Crippen LogP contribution in [0.1, 0.15) is 43.1 Å². The lowest BCUT2D eigenvalue weighted by Gasteiger charge is -2.19. The Labute approximate surface area is 148 Å². The van der Waals surface area contributed by atoms with Gasteiger partial charge in [-0.25, -0.2) is 4.79 Å².